The largest absolute Gasteiger partial charge is 0.486 e. The first-order chi connectivity index (χ1) is 10.2. The van der Waals surface area contributed by atoms with Crippen molar-refractivity contribution in [2.75, 3.05) is 13.2 Å². The van der Waals surface area contributed by atoms with E-state index in [2.05, 4.69) is 10.3 Å². The second-order valence-corrected chi connectivity index (χ2v) is 4.57. The van der Waals surface area contributed by atoms with Crippen LogP contribution in [0.1, 0.15) is 15.9 Å². The predicted molar refractivity (Wildman–Crippen MR) is 75.7 cm³/mol. The number of pyridine rings is 1. The summed E-state index contributed by atoms with van der Waals surface area (Å²) in [5.41, 5.74) is 0.562. The molecule has 1 aromatic heterocycles. The van der Waals surface area contributed by atoms with Gasteiger partial charge in [-0.3, -0.25) is 9.59 Å². The zero-order valence-electron chi connectivity index (χ0n) is 11.2. The molecule has 0 spiro atoms. The van der Waals surface area contributed by atoms with E-state index in [0.29, 0.717) is 31.3 Å². The number of benzene rings is 1. The van der Waals surface area contributed by atoms with Crippen molar-refractivity contribution in [3.05, 3.63) is 58.0 Å². The number of carbonyl (C=O) groups excluding carboxylic acids is 1. The van der Waals surface area contributed by atoms with Crippen molar-refractivity contribution in [2.45, 2.75) is 6.54 Å². The lowest BCUT2D eigenvalue weighted by Gasteiger charge is -2.18. The van der Waals surface area contributed by atoms with Crippen LogP contribution in [0.3, 0.4) is 0 Å². The third-order valence-corrected chi connectivity index (χ3v) is 3.12. The van der Waals surface area contributed by atoms with E-state index in [9.17, 15) is 9.59 Å². The van der Waals surface area contributed by atoms with E-state index in [1.165, 1.54) is 12.3 Å². The molecule has 108 valence electrons. The first kappa shape index (κ1) is 13.2. The second kappa shape index (κ2) is 5.70. The number of aromatic nitrogens is 1. The minimum absolute atomic E-state index is 0.0926. The molecule has 0 bridgehead atoms. The normalized spacial score (nSPS) is 12.8. The molecule has 21 heavy (non-hydrogen) atoms. The fourth-order valence-corrected chi connectivity index (χ4v) is 2.08. The number of H-pyrrole nitrogens is 1. The predicted octanol–water partition coefficient (Wildman–Crippen LogP) is 1.08. The van der Waals surface area contributed by atoms with Gasteiger partial charge in [0.2, 0.25) is 0 Å². The summed E-state index contributed by atoms with van der Waals surface area (Å²) in [5.74, 6) is 0.966. The van der Waals surface area contributed by atoms with E-state index in [1.54, 1.807) is 6.07 Å². The molecular formula is C15H14N2O4. The van der Waals surface area contributed by atoms with Crippen molar-refractivity contribution in [1.82, 2.24) is 10.3 Å². The molecule has 6 nitrogen and oxygen atoms in total. The average molecular weight is 286 g/mol. The zero-order chi connectivity index (χ0) is 14.7. The minimum atomic E-state index is -0.410. The Hall–Kier alpha value is -2.76. The Balaban J connectivity index is 1.69. The number of hydrogen-bond donors (Lipinski definition) is 2. The highest BCUT2D eigenvalue weighted by molar-refractivity contribution is 5.93. The second-order valence-electron chi connectivity index (χ2n) is 4.57. The van der Waals surface area contributed by atoms with Crippen LogP contribution in [0.25, 0.3) is 0 Å². The zero-order valence-corrected chi connectivity index (χ0v) is 11.2. The summed E-state index contributed by atoms with van der Waals surface area (Å²) in [6.45, 7) is 1.37. The highest BCUT2D eigenvalue weighted by Crippen LogP contribution is 2.30. The minimum Gasteiger partial charge on any atom is -0.486 e. The van der Waals surface area contributed by atoms with Gasteiger partial charge in [-0.1, -0.05) is 6.07 Å². The number of nitrogens with one attached hydrogen (secondary N) is 2. The van der Waals surface area contributed by atoms with E-state index in [1.807, 2.05) is 18.2 Å². The number of amides is 1. The summed E-state index contributed by atoms with van der Waals surface area (Å²) in [7, 11) is 0. The third-order valence-electron chi connectivity index (χ3n) is 3.12. The number of fused-ring (bicyclic) bond motifs is 1. The van der Waals surface area contributed by atoms with Gasteiger partial charge in [0, 0.05) is 12.7 Å². The SMILES string of the molecule is O=C(NCc1ccc2c(c1)OCCO2)c1ccc[nH]c1=O. The molecule has 0 fully saturated rings. The molecule has 0 aliphatic carbocycles. The van der Waals surface area contributed by atoms with Crippen LogP contribution >= 0.6 is 0 Å². The molecule has 3 rings (SSSR count). The number of aromatic amines is 1. The maximum Gasteiger partial charge on any atom is 0.260 e. The molecule has 0 saturated carbocycles. The molecule has 0 radical (unpaired) electrons. The number of carbonyl (C=O) groups is 1. The van der Waals surface area contributed by atoms with Crippen LogP contribution in [0.15, 0.2) is 41.3 Å². The lowest BCUT2D eigenvalue weighted by molar-refractivity contribution is 0.0949. The number of hydrogen-bond acceptors (Lipinski definition) is 4. The molecule has 1 amide bonds. The molecule has 2 N–H and O–H groups in total. The Bertz CT molecular complexity index is 724. The molecule has 2 aromatic rings. The van der Waals surface area contributed by atoms with Crippen molar-refractivity contribution in [3.63, 3.8) is 0 Å². The Morgan fingerprint density at radius 3 is 2.81 bits per heavy atom. The van der Waals surface area contributed by atoms with Crippen molar-refractivity contribution in [2.24, 2.45) is 0 Å². The van der Waals surface area contributed by atoms with Crippen molar-refractivity contribution < 1.29 is 14.3 Å². The van der Waals surface area contributed by atoms with Gasteiger partial charge in [0.05, 0.1) is 0 Å². The van der Waals surface area contributed by atoms with Crippen molar-refractivity contribution >= 4 is 5.91 Å². The highest BCUT2D eigenvalue weighted by Gasteiger charge is 2.13. The van der Waals surface area contributed by atoms with Crippen molar-refractivity contribution in [1.29, 1.82) is 0 Å². The van der Waals surface area contributed by atoms with E-state index >= 15 is 0 Å². The van der Waals surface area contributed by atoms with E-state index < -0.39 is 11.5 Å². The van der Waals surface area contributed by atoms with Gasteiger partial charge in [0.1, 0.15) is 18.8 Å². The van der Waals surface area contributed by atoms with Gasteiger partial charge in [-0.15, -0.1) is 0 Å². The van der Waals surface area contributed by atoms with Gasteiger partial charge in [0.25, 0.3) is 11.5 Å². The fourth-order valence-electron chi connectivity index (χ4n) is 2.08. The Morgan fingerprint density at radius 2 is 2.00 bits per heavy atom. The third kappa shape index (κ3) is 2.89. The standard InChI is InChI=1S/C15H14N2O4/c18-14-11(2-1-5-16-14)15(19)17-9-10-3-4-12-13(8-10)21-7-6-20-12/h1-5,8H,6-7,9H2,(H,16,18)(H,17,19). The summed E-state index contributed by atoms with van der Waals surface area (Å²) in [6, 6.07) is 8.58. The molecule has 0 atom stereocenters. The van der Waals surface area contributed by atoms with Gasteiger partial charge in [-0.25, -0.2) is 0 Å². The Kier molecular flexibility index (Phi) is 3.59. The van der Waals surface area contributed by atoms with Crippen molar-refractivity contribution in [3.8, 4) is 11.5 Å². The maximum atomic E-state index is 11.9. The van der Waals surface area contributed by atoms with Crippen LogP contribution in [0.2, 0.25) is 0 Å². The molecule has 0 unspecified atom stereocenters. The lowest BCUT2D eigenvalue weighted by Crippen LogP contribution is -2.28. The summed E-state index contributed by atoms with van der Waals surface area (Å²) in [6.07, 6.45) is 1.49. The quantitative estimate of drug-likeness (QED) is 0.884. The summed E-state index contributed by atoms with van der Waals surface area (Å²) >= 11 is 0. The van der Waals surface area contributed by atoms with Crippen LogP contribution < -0.4 is 20.3 Å². The average Bonchev–Trinajstić information content (AvgIpc) is 2.53. The molecule has 1 aliphatic rings. The number of rotatable bonds is 3. The molecular weight excluding hydrogens is 272 g/mol. The first-order valence-electron chi connectivity index (χ1n) is 6.58. The van der Waals surface area contributed by atoms with Crippen LogP contribution in [-0.4, -0.2) is 24.1 Å². The summed E-state index contributed by atoms with van der Waals surface area (Å²) < 4.78 is 10.9. The monoisotopic (exact) mass is 286 g/mol. The van der Waals surface area contributed by atoms with Gasteiger partial charge in [-0.2, -0.15) is 0 Å². The Morgan fingerprint density at radius 1 is 1.19 bits per heavy atom. The maximum absolute atomic E-state index is 11.9. The smallest absolute Gasteiger partial charge is 0.260 e. The lowest BCUT2D eigenvalue weighted by atomic mass is 10.2. The van der Waals surface area contributed by atoms with Crippen LogP contribution in [0, 0.1) is 0 Å². The van der Waals surface area contributed by atoms with Gasteiger partial charge in [0.15, 0.2) is 11.5 Å². The molecule has 1 aliphatic heterocycles. The first-order valence-corrected chi connectivity index (χ1v) is 6.58. The van der Waals surface area contributed by atoms with Gasteiger partial charge in [-0.05, 0) is 29.8 Å². The molecule has 1 aromatic carbocycles. The summed E-state index contributed by atoms with van der Waals surface area (Å²) in [4.78, 5) is 25.9. The molecule has 6 heteroatoms. The van der Waals surface area contributed by atoms with Crippen LogP contribution in [0.4, 0.5) is 0 Å². The van der Waals surface area contributed by atoms with Gasteiger partial charge >= 0.3 is 0 Å². The molecule has 0 saturated heterocycles. The topological polar surface area (TPSA) is 80.4 Å². The van der Waals surface area contributed by atoms with Crippen LogP contribution in [-0.2, 0) is 6.54 Å². The van der Waals surface area contributed by atoms with Gasteiger partial charge < -0.3 is 19.8 Å². The van der Waals surface area contributed by atoms with E-state index in [4.69, 9.17) is 9.47 Å². The molecule has 2 heterocycles. The number of ether oxygens (including phenoxy) is 2. The highest BCUT2D eigenvalue weighted by atomic mass is 16.6. The fraction of sp³-hybridized carbons (Fsp3) is 0.200. The Labute approximate surface area is 120 Å². The summed E-state index contributed by atoms with van der Waals surface area (Å²) in [5, 5.41) is 2.71. The van der Waals surface area contributed by atoms with E-state index in [0.717, 1.165) is 5.56 Å². The van der Waals surface area contributed by atoms with E-state index in [-0.39, 0.29) is 5.56 Å². The van der Waals surface area contributed by atoms with Crippen LogP contribution in [0.5, 0.6) is 11.5 Å².